The Morgan fingerprint density at radius 2 is 2.15 bits per heavy atom. The van der Waals surface area contributed by atoms with Crippen molar-refractivity contribution in [2.75, 3.05) is 13.1 Å². The molecule has 5 nitrogen and oxygen atoms in total. The Bertz CT molecular complexity index is 635. The summed E-state index contributed by atoms with van der Waals surface area (Å²) in [6, 6.07) is 7.54. The van der Waals surface area contributed by atoms with Crippen LogP contribution in [0.15, 0.2) is 36.7 Å². The van der Waals surface area contributed by atoms with Crippen LogP contribution in [-0.2, 0) is 6.54 Å². The molecule has 0 unspecified atom stereocenters. The number of amides is 1. The van der Waals surface area contributed by atoms with Crippen LogP contribution in [0.3, 0.4) is 0 Å². The van der Waals surface area contributed by atoms with Crippen LogP contribution < -0.4 is 0 Å². The molecule has 1 amide bonds. The largest absolute Gasteiger partial charge is 0.389 e. The van der Waals surface area contributed by atoms with Gasteiger partial charge in [-0.15, -0.1) is 0 Å². The summed E-state index contributed by atoms with van der Waals surface area (Å²) >= 11 is 6.10. The lowest BCUT2D eigenvalue weighted by molar-refractivity contribution is 0.00589. The number of aliphatic hydroxyl groups is 1. The molecule has 2 aromatic rings. The standard InChI is InChI=1S/C14H14ClN3O2/c15-13-4-2-1-3-10(13)6-18-7-11(5-16-18)14(20)17-8-12(19)9-17/h1-5,7,12,19H,6,8-9H2. The number of carbonyl (C=O) groups is 1. The minimum Gasteiger partial charge on any atom is -0.389 e. The number of hydrogen-bond donors (Lipinski definition) is 1. The Kier molecular flexibility index (Phi) is 3.46. The second kappa shape index (κ2) is 5.26. The molecule has 104 valence electrons. The van der Waals surface area contributed by atoms with E-state index in [2.05, 4.69) is 5.10 Å². The first-order valence-corrected chi connectivity index (χ1v) is 6.74. The Morgan fingerprint density at radius 3 is 2.85 bits per heavy atom. The van der Waals surface area contributed by atoms with Crippen molar-refractivity contribution in [3.63, 3.8) is 0 Å². The number of rotatable bonds is 3. The number of likely N-dealkylation sites (tertiary alicyclic amines) is 1. The summed E-state index contributed by atoms with van der Waals surface area (Å²) in [4.78, 5) is 13.6. The van der Waals surface area contributed by atoms with Crippen LogP contribution in [0.4, 0.5) is 0 Å². The highest BCUT2D eigenvalue weighted by molar-refractivity contribution is 6.31. The molecule has 1 aliphatic heterocycles. The molecule has 1 N–H and O–H groups in total. The summed E-state index contributed by atoms with van der Waals surface area (Å²) in [5, 5.41) is 14.1. The highest BCUT2D eigenvalue weighted by Gasteiger charge is 2.30. The molecule has 2 heterocycles. The van der Waals surface area contributed by atoms with Gasteiger partial charge in [-0.3, -0.25) is 9.48 Å². The fourth-order valence-corrected chi connectivity index (χ4v) is 2.36. The zero-order valence-corrected chi connectivity index (χ0v) is 11.5. The summed E-state index contributed by atoms with van der Waals surface area (Å²) in [7, 11) is 0. The summed E-state index contributed by atoms with van der Waals surface area (Å²) in [5.74, 6) is -0.0966. The van der Waals surface area contributed by atoms with Crippen LogP contribution in [0.25, 0.3) is 0 Å². The lowest BCUT2D eigenvalue weighted by Gasteiger charge is -2.35. The minimum atomic E-state index is -0.392. The minimum absolute atomic E-state index is 0.0966. The van der Waals surface area contributed by atoms with Crippen molar-refractivity contribution in [1.29, 1.82) is 0 Å². The van der Waals surface area contributed by atoms with Crippen molar-refractivity contribution in [3.8, 4) is 0 Å². The van der Waals surface area contributed by atoms with E-state index in [1.165, 1.54) is 0 Å². The molecule has 1 saturated heterocycles. The molecule has 0 spiro atoms. The number of nitrogens with zero attached hydrogens (tertiary/aromatic N) is 3. The maximum atomic E-state index is 12.0. The summed E-state index contributed by atoms with van der Waals surface area (Å²) in [5.41, 5.74) is 1.49. The van der Waals surface area contributed by atoms with Crippen molar-refractivity contribution in [1.82, 2.24) is 14.7 Å². The smallest absolute Gasteiger partial charge is 0.257 e. The second-order valence-electron chi connectivity index (χ2n) is 4.88. The Morgan fingerprint density at radius 1 is 1.40 bits per heavy atom. The van der Waals surface area contributed by atoms with Crippen molar-refractivity contribution >= 4 is 17.5 Å². The summed E-state index contributed by atoms with van der Waals surface area (Å²) in [6.07, 6.45) is 2.86. The van der Waals surface area contributed by atoms with E-state index in [9.17, 15) is 9.90 Å². The van der Waals surface area contributed by atoms with Crippen molar-refractivity contribution in [2.45, 2.75) is 12.6 Å². The molecule has 1 aliphatic rings. The average Bonchev–Trinajstić information content (AvgIpc) is 2.86. The van der Waals surface area contributed by atoms with Crippen molar-refractivity contribution < 1.29 is 9.90 Å². The highest BCUT2D eigenvalue weighted by atomic mass is 35.5. The van der Waals surface area contributed by atoms with Gasteiger partial charge in [0.25, 0.3) is 5.91 Å². The van der Waals surface area contributed by atoms with Crippen LogP contribution >= 0.6 is 11.6 Å². The van der Waals surface area contributed by atoms with E-state index in [1.54, 1.807) is 22.0 Å². The number of halogens is 1. The van der Waals surface area contributed by atoms with Gasteiger partial charge < -0.3 is 10.0 Å². The fourth-order valence-electron chi connectivity index (χ4n) is 2.17. The fraction of sp³-hybridized carbons (Fsp3) is 0.286. The molecule has 0 radical (unpaired) electrons. The normalized spacial score (nSPS) is 15.2. The van der Waals surface area contributed by atoms with E-state index in [-0.39, 0.29) is 5.91 Å². The molecule has 0 aliphatic carbocycles. The molecule has 3 rings (SSSR count). The Hall–Kier alpha value is -1.85. The van der Waals surface area contributed by atoms with Gasteiger partial charge in [-0.2, -0.15) is 5.10 Å². The zero-order valence-electron chi connectivity index (χ0n) is 10.7. The predicted octanol–water partition coefficient (Wildman–Crippen LogP) is 1.40. The van der Waals surface area contributed by atoms with Gasteiger partial charge in [-0.25, -0.2) is 0 Å². The predicted molar refractivity (Wildman–Crippen MR) is 74.7 cm³/mol. The maximum Gasteiger partial charge on any atom is 0.257 e. The Balaban J connectivity index is 1.71. The topological polar surface area (TPSA) is 58.4 Å². The molecule has 0 atom stereocenters. The van der Waals surface area contributed by atoms with Gasteiger partial charge in [-0.05, 0) is 11.6 Å². The van der Waals surface area contributed by atoms with Crippen LogP contribution in [0.1, 0.15) is 15.9 Å². The number of aliphatic hydroxyl groups excluding tert-OH is 1. The van der Waals surface area contributed by atoms with E-state index in [4.69, 9.17) is 11.6 Å². The quantitative estimate of drug-likeness (QED) is 0.930. The van der Waals surface area contributed by atoms with E-state index >= 15 is 0 Å². The van der Waals surface area contributed by atoms with E-state index in [0.717, 1.165) is 5.56 Å². The average molecular weight is 292 g/mol. The molecule has 1 aromatic heterocycles. The third kappa shape index (κ3) is 2.55. The monoisotopic (exact) mass is 291 g/mol. The number of aromatic nitrogens is 2. The van der Waals surface area contributed by atoms with Crippen molar-refractivity contribution in [3.05, 3.63) is 52.8 Å². The maximum absolute atomic E-state index is 12.0. The molecule has 20 heavy (non-hydrogen) atoms. The molecular formula is C14H14ClN3O2. The third-order valence-electron chi connectivity index (χ3n) is 3.32. The zero-order chi connectivity index (χ0) is 14.1. The SMILES string of the molecule is O=C(c1cnn(Cc2ccccc2Cl)c1)N1CC(O)C1. The molecular weight excluding hydrogens is 278 g/mol. The third-order valence-corrected chi connectivity index (χ3v) is 3.69. The van der Waals surface area contributed by atoms with Crippen molar-refractivity contribution in [2.24, 2.45) is 0 Å². The first-order chi connectivity index (χ1) is 9.63. The van der Waals surface area contributed by atoms with Gasteiger partial charge >= 0.3 is 0 Å². The number of hydrogen-bond acceptors (Lipinski definition) is 3. The van der Waals surface area contributed by atoms with Gasteiger partial charge in [0.15, 0.2) is 0 Å². The second-order valence-corrected chi connectivity index (χ2v) is 5.29. The van der Waals surface area contributed by atoms with Crippen LogP contribution in [0.2, 0.25) is 5.02 Å². The van der Waals surface area contributed by atoms with Crippen LogP contribution in [0, 0.1) is 0 Å². The van der Waals surface area contributed by atoms with Gasteiger partial charge in [0.1, 0.15) is 0 Å². The van der Waals surface area contributed by atoms with Gasteiger partial charge in [-0.1, -0.05) is 29.8 Å². The van der Waals surface area contributed by atoms with E-state index in [0.29, 0.717) is 30.2 Å². The highest BCUT2D eigenvalue weighted by Crippen LogP contribution is 2.17. The molecule has 1 aromatic carbocycles. The molecule has 1 fully saturated rings. The summed E-state index contributed by atoms with van der Waals surface area (Å²) in [6.45, 7) is 1.32. The number of carbonyl (C=O) groups excluding carboxylic acids is 1. The van der Waals surface area contributed by atoms with Gasteiger partial charge in [0.05, 0.1) is 24.4 Å². The Labute approximate surface area is 121 Å². The molecule has 6 heteroatoms. The number of β-amino-alcohol motifs (C(OH)–C–C–N with tert-alkyl or cyclic N) is 1. The molecule has 0 saturated carbocycles. The van der Waals surface area contributed by atoms with Gasteiger partial charge in [0.2, 0.25) is 0 Å². The molecule has 0 bridgehead atoms. The van der Waals surface area contributed by atoms with E-state index < -0.39 is 6.10 Å². The summed E-state index contributed by atoms with van der Waals surface area (Å²) < 4.78 is 1.69. The first kappa shape index (κ1) is 13.1. The number of benzene rings is 1. The lowest BCUT2D eigenvalue weighted by Crippen LogP contribution is -2.53. The lowest BCUT2D eigenvalue weighted by atomic mass is 10.1. The van der Waals surface area contributed by atoms with Crippen LogP contribution in [-0.4, -0.2) is 44.9 Å². The first-order valence-electron chi connectivity index (χ1n) is 6.36. The van der Waals surface area contributed by atoms with E-state index in [1.807, 2.05) is 24.3 Å². The van der Waals surface area contributed by atoms with Crippen LogP contribution in [0.5, 0.6) is 0 Å². The van der Waals surface area contributed by atoms with Gasteiger partial charge in [0, 0.05) is 24.3 Å².